The van der Waals surface area contributed by atoms with Crippen LogP contribution in [-0.4, -0.2) is 15.8 Å². The molecule has 0 saturated carbocycles. The van der Waals surface area contributed by atoms with Crippen LogP contribution in [0.15, 0.2) is 36.5 Å². The molecule has 104 valence electrons. The second-order valence-electron chi connectivity index (χ2n) is 3.90. The smallest absolute Gasteiger partial charge is 0.294 e. The van der Waals surface area contributed by atoms with Gasteiger partial charge in [-0.05, 0) is 24.3 Å². The standard InChI is InChI=1S/C13H7ClN4O3/c14-12-9(2-1-5-16-12)13(19)17-10-4-3-8(7-15)6-11(10)18(20)21/h1-6H,(H,17,19). The summed E-state index contributed by atoms with van der Waals surface area (Å²) in [4.78, 5) is 26.1. The number of hydrogen-bond donors (Lipinski definition) is 1. The van der Waals surface area contributed by atoms with E-state index in [-0.39, 0.29) is 27.7 Å². The van der Waals surface area contributed by atoms with Crippen molar-refractivity contribution in [2.75, 3.05) is 5.32 Å². The van der Waals surface area contributed by atoms with E-state index in [1.165, 1.54) is 30.5 Å². The van der Waals surface area contributed by atoms with Crippen LogP contribution in [0.3, 0.4) is 0 Å². The van der Waals surface area contributed by atoms with Crippen LogP contribution in [0.25, 0.3) is 0 Å². The largest absolute Gasteiger partial charge is 0.316 e. The molecule has 7 nitrogen and oxygen atoms in total. The molecule has 0 spiro atoms. The Morgan fingerprint density at radius 1 is 1.43 bits per heavy atom. The van der Waals surface area contributed by atoms with Gasteiger partial charge in [0, 0.05) is 12.3 Å². The summed E-state index contributed by atoms with van der Waals surface area (Å²) < 4.78 is 0. The maximum absolute atomic E-state index is 12.0. The van der Waals surface area contributed by atoms with Gasteiger partial charge < -0.3 is 5.32 Å². The van der Waals surface area contributed by atoms with Gasteiger partial charge >= 0.3 is 0 Å². The quantitative estimate of drug-likeness (QED) is 0.532. The first-order valence-electron chi connectivity index (χ1n) is 5.63. The van der Waals surface area contributed by atoms with Crippen molar-refractivity contribution in [2.24, 2.45) is 0 Å². The van der Waals surface area contributed by atoms with Gasteiger partial charge in [0.15, 0.2) is 0 Å². The van der Waals surface area contributed by atoms with E-state index in [0.717, 1.165) is 6.07 Å². The Morgan fingerprint density at radius 3 is 2.81 bits per heavy atom. The lowest BCUT2D eigenvalue weighted by Crippen LogP contribution is -2.14. The van der Waals surface area contributed by atoms with Crippen LogP contribution in [0.1, 0.15) is 15.9 Å². The average molecular weight is 303 g/mol. The fraction of sp³-hybridized carbons (Fsp3) is 0. The molecule has 8 heteroatoms. The number of amides is 1. The predicted molar refractivity (Wildman–Crippen MR) is 75.0 cm³/mol. The summed E-state index contributed by atoms with van der Waals surface area (Å²) in [5, 5.41) is 22.1. The molecule has 0 aliphatic rings. The lowest BCUT2D eigenvalue weighted by molar-refractivity contribution is -0.383. The minimum atomic E-state index is -0.679. The Kier molecular flexibility index (Phi) is 4.11. The Labute approximate surface area is 123 Å². The SMILES string of the molecule is N#Cc1ccc(NC(=O)c2cccnc2Cl)c([N+](=O)[O-])c1. The second kappa shape index (κ2) is 5.98. The Morgan fingerprint density at radius 2 is 2.19 bits per heavy atom. The molecule has 0 aliphatic heterocycles. The van der Waals surface area contributed by atoms with Crippen molar-refractivity contribution in [1.29, 1.82) is 5.26 Å². The molecule has 0 unspecified atom stereocenters. The van der Waals surface area contributed by atoms with Gasteiger partial charge in [0.2, 0.25) is 0 Å². The third-order valence-corrected chi connectivity index (χ3v) is 2.88. The van der Waals surface area contributed by atoms with Crippen molar-refractivity contribution in [3.8, 4) is 6.07 Å². The summed E-state index contributed by atoms with van der Waals surface area (Å²) in [5.74, 6) is -0.624. The highest BCUT2D eigenvalue weighted by molar-refractivity contribution is 6.33. The minimum Gasteiger partial charge on any atom is -0.316 e. The molecule has 2 aromatic rings. The normalized spacial score (nSPS) is 9.71. The van der Waals surface area contributed by atoms with Crippen LogP contribution >= 0.6 is 11.6 Å². The molecule has 1 amide bonds. The summed E-state index contributed by atoms with van der Waals surface area (Å²) >= 11 is 5.79. The topological polar surface area (TPSA) is 109 Å². The number of pyridine rings is 1. The van der Waals surface area contributed by atoms with Gasteiger partial charge in [0.25, 0.3) is 11.6 Å². The third-order valence-electron chi connectivity index (χ3n) is 2.58. The minimum absolute atomic E-state index is 0.00806. The predicted octanol–water partition coefficient (Wildman–Crippen LogP) is 2.77. The summed E-state index contributed by atoms with van der Waals surface area (Å²) in [6, 6.07) is 8.50. The van der Waals surface area contributed by atoms with Crippen LogP contribution < -0.4 is 5.32 Å². The molecular weight excluding hydrogens is 296 g/mol. The van der Waals surface area contributed by atoms with Gasteiger partial charge in [-0.1, -0.05) is 11.6 Å². The second-order valence-corrected chi connectivity index (χ2v) is 4.25. The van der Waals surface area contributed by atoms with E-state index < -0.39 is 10.8 Å². The van der Waals surface area contributed by atoms with Crippen LogP contribution in [0.5, 0.6) is 0 Å². The van der Waals surface area contributed by atoms with E-state index in [2.05, 4.69) is 10.3 Å². The number of hydrogen-bond acceptors (Lipinski definition) is 5. The number of rotatable bonds is 3. The number of nitro benzene ring substituents is 1. The molecule has 1 heterocycles. The van der Waals surface area contributed by atoms with Gasteiger partial charge in [-0.25, -0.2) is 4.98 Å². The maximum atomic E-state index is 12.0. The van der Waals surface area contributed by atoms with E-state index in [1.54, 1.807) is 6.07 Å². The van der Waals surface area contributed by atoms with Gasteiger partial charge in [-0.2, -0.15) is 5.26 Å². The third kappa shape index (κ3) is 3.13. The first kappa shape index (κ1) is 14.4. The molecule has 0 fully saturated rings. The highest BCUT2D eigenvalue weighted by Gasteiger charge is 2.19. The summed E-state index contributed by atoms with van der Waals surface area (Å²) in [6.45, 7) is 0. The number of nitro groups is 1. The van der Waals surface area contributed by atoms with Gasteiger partial charge in [-0.3, -0.25) is 14.9 Å². The maximum Gasteiger partial charge on any atom is 0.294 e. The molecule has 0 bridgehead atoms. The lowest BCUT2D eigenvalue weighted by atomic mass is 10.1. The van der Waals surface area contributed by atoms with Gasteiger partial charge in [0.05, 0.1) is 22.1 Å². The molecule has 0 saturated heterocycles. The van der Waals surface area contributed by atoms with E-state index in [1.807, 2.05) is 0 Å². The van der Waals surface area contributed by atoms with E-state index >= 15 is 0 Å². The summed E-state index contributed by atoms with van der Waals surface area (Å²) in [7, 11) is 0. The zero-order valence-corrected chi connectivity index (χ0v) is 11.2. The Hall–Kier alpha value is -2.98. The first-order chi connectivity index (χ1) is 10.0. The fourth-order valence-electron chi connectivity index (χ4n) is 1.60. The fourth-order valence-corrected chi connectivity index (χ4v) is 1.81. The Bertz CT molecular complexity index is 770. The van der Waals surface area contributed by atoms with Crippen molar-refractivity contribution in [2.45, 2.75) is 0 Å². The number of halogens is 1. The molecule has 0 radical (unpaired) electrons. The highest BCUT2D eigenvalue weighted by atomic mass is 35.5. The first-order valence-corrected chi connectivity index (χ1v) is 6.01. The summed E-state index contributed by atoms with van der Waals surface area (Å²) in [5.41, 5.74) is -0.178. The number of carbonyl (C=O) groups is 1. The van der Waals surface area contributed by atoms with Crippen LogP contribution in [0.2, 0.25) is 5.15 Å². The van der Waals surface area contributed by atoms with Crippen molar-refractivity contribution in [3.05, 3.63) is 62.9 Å². The number of nitriles is 1. The molecule has 1 aromatic carbocycles. The van der Waals surface area contributed by atoms with Crippen molar-refractivity contribution in [3.63, 3.8) is 0 Å². The number of nitrogens with zero attached hydrogens (tertiary/aromatic N) is 3. The molecule has 21 heavy (non-hydrogen) atoms. The Balaban J connectivity index is 2.36. The molecule has 0 atom stereocenters. The van der Waals surface area contributed by atoms with E-state index in [4.69, 9.17) is 16.9 Å². The lowest BCUT2D eigenvalue weighted by Gasteiger charge is -2.07. The number of anilines is 1. The summed E-state index contributed by atoms with van der Waals surface area (Å²) in [6.07, 6.45) is 1.42. The van der Waals surface area contributed by atoms with Crippen molar-refractivity contribution < 1.29 is 9.72 Å². The average Bonchev–Trinajstić information content (AvgIpc) is 2.47. The van der Waals surface area contributed by atoms with Crippen molar-refractivity contribution >= 4 is 28.9 Å². The number of benzene rings is 1. The molecule has 0 aliphatic carbocycles. The number of nitrogens with one attached hydrogen (secondary N) is 1. The molecule has 1 N–H and O–H groups in total. The molecule has 2 rings (SSSR count). The number of aromatic nitrogens is 1. The highest BCUT2D eigenvalue weighted by Crippen LogP contribution is 2.26. The van der Waals surface area contributed by atoms with E-state index in [9.17, 15) is 14.9 Å². The van der Waals surface area contributed by atoms with Crippen LogP contribution in [0.4, 0.5) is 11.4 Å². The zero-order valence-electron chi connectivity index (χ0n) is 10.4. The zero-order chi connectivity index (χ0) is 15.4. The van der Waals surface area contributed by atoms with Gasteiger partial charge in [-0.15, -0.1) is 0 Å². The number of carbonyl (C=O) groups excluding carboxylic acids is 1. The van der Waals surface area contributed by atoms with E-state index in [0.29, 0.717) is 0 Å². The molecular formula is C13H7ClN4O3. The van der Waals surface area contributed by atoms with Crippen LogP contribution in [-0.2, 0) is 0 Å². The van der Waals surface area contributed by atoms with Gasteiger partial charge in [0.1, 0.15) is 10.8 Å². The van der Waals surface area contributed by atoms with Crippen molar-refractivity contribution in [1.82, 2.24) is 4.98 Å². The van der Waals surface area contributed by atoms with Crippen LogP contribution in [0, 0.1) is 21.4 Å². The molecule has 1 aromatic heterocycles. The monoisotopic (exact) mass is 302 g/mol.